The average molecular weight is 266 g/mol. The molecule has 5 heteroatoms. The van der Waals surface area contributed by atoms with Crippen LogP contribution in [0.15, 0.2) is 0 Å². The van der Waals surface area contributed by atoms with Crippen LogP contribution in [0.5, 0.6) is 0 Å². The molecule has 1 aliphatic heterocycles. The Labute approximate surface area is 115 Å². The van der Waals surface area contributed by atoms with Crippen LogP contribution in [0.25, 0.3) is 0 Å². The Kier molecular flexibility index (Phi) is 3.93. The number of amides is 2. The van der Waals surface area contributed by atoms with Crippen molar-refractivity contribution in [1.82, 2.24) is 20.0 Å². The number of carbonyl (C=O) groups excluding carboxylic acids is 1. The first-order valence-corrected chi connectivity index (χ1v) is 7.71. The van der Waals surface area contributed by atoms with Crippen LogP contribution in [0.1, 0.15) is 25.7 Å². The zero-order valence-corrected chi connectivity index (χ0v) is 12.0. The number of nitrogens with zero attached hydrogens (tertiary/aromatic N) is 3. The molecule has 2 amide bonds. The van der Waals surface area contributed by atoms with Crippen LogP contribution in [-0.2, 0) is 0 Å². The Bertz CT molecular complexity index is 319. The second kappa shape index (κ2) is 5.67. The Hall–Kier alpha value is -0.810. The van der Waals surface area contributed by atoms with E-state index in [-0.39, 0.29) is 6.03 Å². The van der Waals surface area contributed by atoms with Gasteiger partial charge in [0.15, 0.2) is 0 Å². The quantitative estimate of drug-likeness (QED) is 0.791. The van der Waals surface area contributed by atoms with E-state index < -0.39 is 0 Å². The Morgan fingerprint density at radius 3 is 2.42 bits per heavy atom. The van der Waals surface area contributed by atoms with Crippen molar-refractivity contribution in [2.75, 3.05) is 46.3 Å². The molecule has 0 aromatic carbocycles. The minimum absolute atomic E-state index is 0.125. The molecule has 5 nitrogen and oxygen atoms in total. The summed E-state index contributed by atoms with van der Waals surface area (Å²) in [6.45, 7) is 5.63. The fraction of sp³-hybridized carbons (Fsp3) is 0.929. The normalized spacial score (nSPS) is 24.8. The molecular weight excluding hydrogens is 240 g/mol. The van der Waals surface area contributed by atoms with Crippen LogP contribution in [-0.4, -0.2) is 79.1 Å². The molecule has 0 spiro atoms. The summed E-state index contributed by atoms with van der Waals surface area (Å²) in [6.07, 6.45) is 5.38. The van der Waals surface area contributed by atoms with Crippen LogP contribution in [0, 0.1) is 0 Å². The zero-order chi connectivity index (χ0) is 13.2. The van der Waals surface area contributed by atoms with Gasteiger partial charge in [-0.1, -0.05) is 0 Å². The molecule has 0 aromatic rings. The molecule has 3 aliphatic rings. The summed E-state index contributed by atoms with van der Waals surface area (Å²) in [5, 5.41) is 3.05. The summed E-state index contributed by atoms with van der Waals surface area (Å²) < 4.78 is 0. The van der Waals surface area contributed by atoms with Crippen molar-refractivity contribution >= 4 is 6.03 Å². The van der Waals surface area contributed by atoms with Crippen molar-refractivity contribution in [3.8, 4) is 0 Å². The van der Waals surface area contributed by atoms with Crippen LogP contribution < -0.4 is 5.32 Å². The number of hydrogen-bond donors (Lipinski definition) is 1. The van der Waals surface area contributed by atoms with Crippen molar-refractivity contribution in [2.45, 2.75) is 37.8 Å². The molecule has 2 aliphatic carbocycles. The minimum atomic E-state index is 0.125. The van der Waals surface area contributed by atoms with E-state index in [1.807, 2.05) is 4.90 Å². The maximum Gasteiger partial charge on any atom is 0.317 e. The van der Waals surface area contributed by atoms with Gasteiger partial charge in [-0.25, -0.2) is 4.79 Å². The first-order chi connectivity index (χ1) is 9.24. The molecular formula is C14H26N4O. The van der Waals surface area contributed by atoms with E-state index in [2.05, 4.69) is 22.2 Å². The van der Waals surface area contributed by atoms with Gasteiger partial charge in [-0.3, -0.25) is 4.90 Å². The third-order valence-electron chi connectivity index (χ3n) is 4.58. The Morgan fingerprint density at radius 1 is 1.16 bits per heavy atom. The predicted molar refractivity (Wildman–Crippen MR) is 75.2 cm³/mol. The van der Waals surface area contributed by atoms with E-state index >= 15 is 0 Å². The van der Waals surface area contributed by atoms with E-state index in [1.165, 1.54) is 25.7 Å². The van der Waals surface area contributed by atoms with E-state index in [0.29, 0.717) is 0 Å². The highest BCUT2D eigenvalue weighted by Gasteiger charge is 2.32. The number of hydrogen-bond acceptors (Lipinski definition) is 3. The summed E-state index contributed by atoms with van der Waals surface area (Å²) in [7, 11) is 2.15. The number of rotatable bonds is 5. The molecule has 1 saturated heterocycles. The second-order valence-electron chi connectivity index (χ2n) is 6.20. The second-order valence-corrected chi connectivity index (χ2v) is 6.20. The van der Waals surface area contributed by atoms with Crippen molar-refractivity contribution in [3.63, 3.8) is 0 Å². The molecule has 2 saturated carbocycles. The van der Waals surface area contributed by atoms with Gasteiger partial charge in [-0.15, -0.1) is 0 Å². The molecule has 3 fully saturated rings. The van der Waals surface area contributed by atoms with Gasteiger partial charge in [0.1, 0.15) is 0 Å². The lowest BCUT2D eigenvalue weighted by Crippen LogP contribution is -2.52. The first-order valence-electron chi connectivity index (χ1n) is 7.71. The summed E-state index contributed by atoms with van der Waals surface area (Å²) >= 11 is 0. The number of carbonyl (C=O) groups is 1. The van der Waals surface area contributed by atoms with E-state index in [1.54, 1.807) is 0 Å². The van der Waals surface area contributed by atoms with Gasteiger partial charge in [-0.2, -0.15) is 0 Å². The molecule has 0 aromatic heterocycles. The standard InChI is InChI=1S/C14H26N4O/c1-16(12-2-3-12)7-6-15-14(19)18-10-8-17(9-11-18)13-4-5-13/h12-13H,2-11H2,1H3,(H,15,19). The lowest BCUT2D eigenvalue weighted by Gasteiger charge is -2.34. The highest BCUT2D eigenvalue weighted by molar-refractivity contribution is 5.74. The summed E-state index contributed by atoms with van der Waals surface area (Å²) in [5.74, 6) is 0. The molecule has 19 heavy (non-hydrogen) atoms. The molecule has 0 bridgehead atoms. The summed E-state index contributed by atoms with van der Waals surface area (Å²) in [6, 6.07) is 1.73. The fourth-order valence-corrected chi connectivity index (χ4v) is 2.88. The lowest BCUT2D eigenvalue weighted by atomic mass is 10.3. The van der Waals surface area contributed by atoms with Gasteiger partial charge in [0.2, 0.25) is 0 Å². The summed E-state index contributed by atoms with van der Waals surface area (Å²) in [5.41, 5.74) is 0. The predicted octanol–water partition coefficient (Wildman–Crippen LogP) is 0.570. The van der Waals surface area contributed by atoms with Crippen molar-refractivity contribution in [2.24, 2.45) is 0 Å². The third kappa shape index (κ3) is 3.60. The number of urea groups is 1. The van der Waals surface area contributed by atoms with E-state index in [9.17, 15) is 4.79 Å². The monoisotopic (exact) mass is 266 g/mol. The Morgan fingerprint density at radius 2 is 1.84 bits per heavy atom. The van der Waals surface area contributed by atoms with Crippen molar-refractivity contribution in [1.29, 1.82) is 0 Å². The van der Waals surface area contributed by atoms with Gasteiger partial charge in [0.05, 0.1) is 0 Å². The molecule has 0 atom stereocenters. The summed E-state index contributed by atoms with van der Waals surface area (Å²) in [4.78, 5) is 18.9. The molecule has 108 valence electrons. The maximum atomic E-state index is 12.0. The number of likely N-dealkylation sites (N-methyl/N-ethyl adjacent to an activating group) is 1. The highest BCUT2D eigenvalue weighted by Crippen LogP contribution is 2.27. The van der Waals surface area contributed by atoms with Gasteiger partial charge < -0.3 is 15.1 Å². The largest absolute Gasteiger partial charge is 0.337 e. The van der Waals surface area contributed by atoms with Gasteiger partial charge in [0.25, 0.3) is 0 Å². The van der Waals surface area contributed by atoms with Crippen molar-refractivity contribution in [3.05, 3.63) is 0 Å². The Balaban J connectivity index is 1.31. The van der Waals surface area contributed by atoms with Gasteiger partial charge in [0, 0.05) is 51.4 Å². The SMILES string of the molecule is CN(CCNC(=O)N1CCN(C2CC2)CC1)C1CC1. The third-order valence-corrected chi connectivity index (χ3v) is 4.58. The molecule has 0 radical (unpaired) electrons. The van der Waals surface area contributed by atoms with Gasteiger partial charge in [-0.05, 0) is 32.7 Å². The van der Waals surface area contributed by atoms with Gasteiger partial charge >= 0.3 is 6.03 Å². The van der Waals surface area contributed by atoms with Crippen LogP contribution in [0.4, 0.5) is 4.79 Å². The first kappa shape index (κ1) is 13.2. The van der Waals surface area contributed by atoms with Crippen molar-refractivity contribution < 1.29 is 4.79 Å². The van der Waals surface area contributed by atoms with E-state index in [0.717, 1.165) is 51.4 Å². The highest BCUT2D eigenvalue weighted by atomic mass is 16.2. The average Bonchev–Trinajstić information content (AvgIpc) is 3.31. The van der Waals surface area contributed by atoms with Crippen LogP contribution in [0.3, 0.4) is 0 Å². The number of nitrogens with one attached hydrogen (secondary N) is 1. The molecule has 1 N–H and O–H groups in total. The van der Waals surface area contributed by atoms with Crippen LogP contribution in [0.2, 0.25) is 0 Å². The zero-order valence-electron chi connectivity index (χ0n) is 12.0. The lowest BCUT2D eigenvalue weighted by molar-refractivity contribution is 0.134. The topological polar surface area (TPSA) is 38.8 Å². The smallest absolute Gasteiger partial charge is 0.317 e. The fourth-order valence-electron chi connectivity index (χ4n) is 2.88. The minimum Gasteiger partial charge on any atom is -0.337 e. The molecule has 0 unspecified atom stereocenters. The van der Waals surface area contributed by atoms with Crippen LogP contribution >= 0.6 is 0 Å². The number of piperazine rings is 1. The maximum absolute atomic E-state index is 12.0. The van der Waals surface area contributed by atoms with E-state index in [4.69, 9.17) is 0 Å². The molecule has 3 rings (SSSR count). The molecule has 1 heterocycles.